The maximum absolute atomic E-state index is 12.6. The zero-order chi connectivity index (χ0) is 22.1. The van der Waals surface area contributed by atoms with Gasteiger partial charge in [0, 0.05) is 29.7 Å². The maximum atomic E-state index is 12.6. The van der Waals surface area contributed by atoms with E-state index in [4.69, 9.17) is 9.72 Å². The van der Waals surface area contributed by atoms with Crippen molar-refractivity contribution in [3.8, 4) is 5.75 Å². The summed E-state index contributed by atoms with van der Waals surface area (Å²) in [6, 6.07) is 19.0. The Morgan fingerprint density at radius 3 is 2.91 bits per heavy atom. The number of fused-ring (bicyclic) bond motifs is 2. The van der Waals surface area contributed by atoms with Gasteiger partial charge in [0.25, 0.3) is 5.91 Å². The van der Waals surface area contributed by atoms with Crippen LogP contribution in [0, 0.1) is 0 Å². The molecule has 0 spiro atoms. The van der Waals surface area contributed by atoms with Gasteiger partial charge in [-0.25, -0.2) is 4.98 Å². The summed E-state index contributed by atoms with van der Waals surface area (Å²) < 4.78 is 6.69. The molecule has 1 amide bonds. The quantitative estimate of drug-likeness (QED) is 0.453. The number of hydrogen-bond acceptors (Lipinski definition) is 5. The van der Waals surface area contributed by atoms with Gasteiger partial charge >= 0.3 is 0 Å². The van der Waals surface area contributed by atoms with Crippen molar-refractivity contribution in [2.24, 2.45) is 0 Å². The second-order valence-electron chi connectivity index (χ2n) is 8.29. The van der Waals surface area contributed by atoms with Gasteiger partial charge in [0.1, 0.15) is 11.3 Å². The molecule has 6 heteroatoms. The monoisotopic (exact) mass is 445 g/mol. The Morgan fingerprint density at radius 1 is 1.19 bits per heavy atom. The first-order valence-corrected chi connectivity index (χ1v) is 11.9. The van der Waals surface area contributed by atoms with Gasteiger partial charge in [0.05, 0.1) is 17.7 Å². The number of aromatic nitrogens is 1. The smallest absolute Gasteiger partial charge is 0.261 e. The minimum atomic E-state index is 0.00837. The molecule has 1 fully saturated rings. The summed E-state index contributed by atoms with van der Waals surface area (Å²) in [5, 5.41) is 5.12. The van der Waals surface area contributed by atoms with Gasteiger partial charge < -0.3 is 10.1 Å². The van der Waals surface area contributed by atoms with E-state index in [1.54, 1.807) is 25.5 Å². The van der Waals surface area contributed by atoms with E-state index in [0.29, 0.717) is 6.04 Å². The Balaban J connectivity index is 1.43. The number of hydrogen-bond donors (Lipinski definition) is 1. The van der Waals surface area contributed by atoms with Crippen LogP contribution in [0.4, 0.5) is 0 Å². The predicted molar refractivity (Wildman–Crippen MR) is 131 cm³/mol. The molecule has 164 valence electrons. The zero-order valence-electron chi connectivity index (χ0n) is 18.4. The van der Waals surface area contributed by atoms with Crippen LogP contribution in [-0.4, -0.2) is 42.5 Å². The lowest BCUT2D eigenvalue weighted by molar-refractivity contribution is 0.0966. The van der Waals surface area contributed by atoms with Crippen molar-refractivity contribution in [3.63, 3.8) is 0 Å². The van der Waals surface area contributed by atoms with Crippen molar-refractivity contribution in [2.45, 2.75) is 31.8 Å². The fourth-order valence-corrected chi connectivity index (χ4v) is 5.97. The third kappa shape index (κ3) is 3.85. The highest BCUT2D eigenvalue weighted by Gasteiger charge is 2.28. The molecule has 1 N–H and O–H groups in total. The van der Waals surface area contributed by atoms with Gasteiger partial charge in [-0.2, -0.15) is 0 Å². The van der Waals surface area contributed by atoms with Crippen LogP contribution in [0.3, 0.4) is 0 Å². The Hall–Kier alpha value is -2.96. The van der Waals surface area contributed by atoms with E-state index in [-0.39, 0.29) is 5.91 Å². The van der Waals surface area contributed by atoms with E-state index in [1.165, 1.54) is 22.1 Å². The molecule has 0 saturated carbocycles. The molecule has 5 nitrogen and oxygen atoms in total. The summed E-state index contributed by atoms with van der Waals surface area (Å²) in [5.41, 5.74) is 3.14. The molecular weight excluding hydrogens is 418 g/mol. The van der Waals surface area contributed by atoms with Crippen LogP contribution in [0.25, 0.3) is 21.0 Å². The first-order valence-electron chi connectivity index (χ1n) is 11.1. The Morgan fingerprint density at radius 2 is 2.06 bits per heavy atom. The van der Waals surface area contributed by atoms with Gasteiger partial charge in [0.15, 0.2) is 0 Å². The summed E-state index contributed by atoms with van der Waals surface area (Å²) in [6.07, 6.45) is 3.18. The van der Waals surface area contributed by atoms with Gasteiger partial charge in [-0.1, -0.05) is 36.4 Å². The summed E-state index contributed by atoms with van der Waals surface area (Å²) >= 11 is 1.59. The fourth-order valence-electron chi connectivity index (χ4n) is 4.79. The number of methoxy groups -OCH3 is 1. The number of amides is 1. The van der Waals surface area contributed by atoms with E-state index >= 15 is 0 Å². The van der Waals surface area contributed by atoms with Crippen molar-refractivity contribution in [1.29, 1.82) is 0 Å². The van der Waals surface area contributed by atoms with Crippen LogP contribution in [0.5, 0.6) is 5.75 Å². The summed E-state index contributed by atoms with van der Waals surface area (Å²) in [4.78, 5) is 20.9. The van der Waals surface area contributed by atoms with Crippen LogP contribution in [0.2, 0.25) is 0 Å². The molecule has 32 heavy (non-hydrogen) atoms. The molecule has 2 aromatic heterocycles. The van der Waals surface area contributed by atoms with E-state index in [1.807, 2.05) is 18.2 Å². The van der Waals surface area contributed by atoms with Gasteiger partial charge in [-0.05, 0) is 55.0 Å². The third-order valence-corrected chi connectivity index (χ3v) is 7.61. The SMILES string of the molecule is CNC(=O)c1sc2ccccc2c1C[C@@H]1CCCN1Cc1ccc2cccc(OC)c2n1. The van der Waals surface area contributed by atoms with E-state index < -0.39 is 0 Å². The standard InChI is InChI=1S/C26H27N3O2S/c1-27-26(30)25-21(20-9-3-4-11-23(20)32-25)15-19-8-6-14-29(19)16-18-13-12-17-7-5-10-22(31-2)24(17)28-18/h3-5,7,9-13,19H,6,8,14-16H2,1-2H3,(H,27,30)/t19-/m0/s1. The molecule has 2 aromatic carbocycles. The van der Waals surface area contributed by atoms with Crippen LogP contribution in [0.15, 0.2) is 54.6 Å². The number of ether oxygens (including phenoxy) is 1. The van der Waals surface area contributed by atoms with Crippen molar-refractivity contribution in [3.05, 3.63) is 70.7 Å². The molecule has 1 aliphatic heterocycles. The average molecular weight is 446 g/mol. The molecule has 1 saturated heterocycles. The predicted octanol–water partition coefficient (Wildman–Crippen LogP) is 5.02. The Labute approximate surface area is 192 Å². The molecule has 3 heterocycles. The first kappa shape index (κ1) is 20.9. The number of nitrogens with zero attached hydrogens (tertiary/aromatic N) is 2. The second kappa shape index (κ2) is 8.88. The zero-order valence-corrected chi connectivity index (χ0v) is 19.2. The second-order valence-corrected chi connectivity index (χ2v) is 9.34. The normalized spacial score (nSPS) is 16.6. The van der Waals surface area contributed by atoms with Crippen molar-refractivity contribution in [1.82, 2.24) is 15.2 Å². The largest absolute Gasteiger partial charge is 0.494 e. The number of pyridine rings is 1. The minimum absolute atomic E-state index is 0.00837. The van der Waals surface area contributed by atoms with Crippen LogP contribution < -0.4 is 10.1 Å². The number of para-hydroxylation sites is 1. The van der Waals surface area contributed by atoms with Gasteiger partial charge in [0.2, 0.25) is 0 Å². The lowest BCUT2D eigenvalue weighted by atomic mass is 10.00. The number of likely N-dealkylation sites (tertiary alicyclic amines) is 1. The molecule has 1 atom stereocenters. The first-order chi connectivity index (χ1) is 15.7. The highest BCUT2D eigenvalue weighted by Crippen LogP contribution is 2.35. The van der Waals surface area contributed by atoms with Crippen molar-refractivity contribution < 1.29 is 9.53 Å². The minimum Gasteiger partial charge on any atom is -0.494 e. The number of nitrogens with one attached hydrogen (secondary N) is 1. The number of carbonyl (C=O) groups is 1. The number of carbonyl (C=O) groups excluding carboxylic acids is 1. The fraction of sp³-hybridized carbons (Fsp3) is 0.308. The lowest BCUT2D eigenvalue weighted by Gasteiger charge is -2.24. The molecule has 0 unspecified atom stereocenters. The van der Waals surface area contributed by atoms with Crippen LogP contribution in [0.1, 0.15) is 33.8 Å². The van der Waals surface area contributed by atoms with Gasteiger partial charge in [-0.3, -0.25) is 9.69 Å². The van der Waals surface area contributed by atoms with E-state index in [0.717, 1.165) is 53.2 Å². The van der Waals surface area contributed by atoms with Crippen LogP contribution in [-0.2, 0) is 13.0 Å². The molecule has 0 bridgehead atoms. The van der Waals surface area contributed by atoms with Crippen molar-refractivity contribution in [2.75, 3.05) is 20.7 Å². The Kier molecular flexibility index (Phi) is 5.81. The average Bonchev–Trinajstić information content (AvgIpc) is 3.42. The molecule has 4 aromatic rings. The summed E-state index contributed by atoms with van der Waals surface area (Å²) in [5.74, 6) is 0.816. The highest BCUT2D eigenvalue weighted by atomic mass is 32.1. The Bertz CT molecular complexity index is 1280. The highest BCUT2D eigenvalue weighted by molar-refractivity contribution is 7.21. The third-order valence-electron chi connectivity index (χ3n) is 6.40. The molecule has 5 rings (SSSR count). The molecular formula is C26H27N3O2S. The molecule has 0 aliphatic carbocycles. The molecule has 0 radical (unpaired) electrons. The number of rotatable bonds is 6. The van der Waals surface area contributed by atoms with Crippen LogP contribution >= 0.6 is 11.3 Å². The van der Waals surface area contributed by atoms with Crippen molar-refractivity contribution >= 4 is 38.2 Å². The number of thiophene rings is 1. The summed E-state index contributed by atoms with van der Waals surface area (Å²) in [6.45, 7) is 1.85. The van der Waals surface area contributed by atoms with Gasteiger partial charge in [-0.15, -0.1) is 11.3 Å². The lowest BCUT2D eigenvalue weighted by Crippen LogP contribution is -2.31. The molecule has 1 aliphatic rings. The summed E-state index contributed by atoms with van der Waals surface area (Å²) in [7, 11) is 3.40. The van der Waals surface area contributed by atoms with E-state index in [9.17, 15) is 4.79 Å². The number of benzene rings is 2. The van der Waals surface area contributed by atoms with E-state index in [2.05, 4.69) is 46.6 Å². The topological polar surface area (TPSA) is 54.5 Å². The maximum Gasteiger partial charge on any atom is 0.261 e.